The topological polar surface area (TPSA) is 69.6 Å². The van der Waals surface area contributed by atoms with Crippen LogP contribution < -0.4 is 5.32 Å². The van der Waals surface area contributed by atoms with Crippen molar-refractivity contribution in [1.82, 2.24) is 5.32 Å². The van der Waals surface area contributed by atoms with E-state index >= 15 is 0 Å². The standard InChI is InChI=1S/C20H22F2NO3/c1-13(20(26)23-12-14-5-3-2-4-6-14)19(25)18(24)8-7-15-9-16(21)11-17(22)10-15/h2-6,8-11,13,18-19,24-25H,7,12H2,1H3,(H,23,26)/t13-,18-,19-/m1/s1. The molecule has 2 aromatic rings. The number of benzene rings is 2. The monoisotopic (exact) mass is 362 g/mol. The van der Waals surface area contributed by atoms with E-state index in [-0.39, 0.29) is 6.42 Å². The second-order valence-corrected chi connectivity index (χ2v) is 6.19. The summed E-state index contributed by atoms with van der Waals surface area (Å²) in [5.74, 6) is -2.67. The van der Waals surface area contributed by atoms with E-state index in [2.05, 4.69) is 5.32 Å². The van der Waals surface area contributed by atoms with E-state index in [0.29, 0.717) is 12.1 Å². The molecule has 0 saturated heterocycles. The van der Waals surface area contributed by atoms with Crippen LogP contribution in [0.15, 0.2) is 48.5 Å². The molecular weight excluding hydrogens is 340 g/mol. The molecule has 1 radical (unpaired) electrons. The third-order valence-corrected chi connectivity index (χ3v) is 4.10. The lowest BCUT2D eigenvalue weighted by Gasteiger charge is -2.23. The van der Waals surface area contributed by atoms with Crippen molar-refractivity contribution in [1.29, 1.82) is 0 Å². The molecule has 0 heterocycles. The Morgan fingerprint density at radius 3 is 2.31 bits per heavy atom. The molecule has 6 heteroatoms. The zero-order chi connectivity index (χ0) is 19.1. The van der Waals surface area contributed by atoms with E-state index in [4.69, 9.17) is 0 Å². The Hall–Kier alpha value is -2.31. The SMILES string of the molecule is C[C@@H](C(=O)NCc1ccccc1)[C@@H](O)[C@H](O)[CH]Cc1cc(F)cc(F)c1. The molecule has 0 unspecified atom stereocenters. The van der Waals surface area contributed by atoms with Gasteiger partial charge < -0.3 is 15.5 Å². The highest BCUT2D eigenvalue weighted by Crippen LogP contribution is 2.15. The van der Waals surface area contributed by atoms with Gasteiger partial charge in [0.25, 0.3) is 0 Å². The number of nitrogens with one attached hydrogen (secondary N) is 1. The molecule has 0 spiro atoms. The largest absolute Gasteiger partial charge is 0.390 e. The Balaban J connectivity index is 1.83. The van der Waals surface area contributed by atoms with E-state index < -0.39 is 35.7 Å². The molecule has 3 atom stereocenters. The first kappa shape index (κ1) is 20.0. The Morgan fingerprint density at radius 2 is 1.69 bits per heavy atom. The van der Waals surface area contributed by atoms with Crippen LogP contribution in [0.5, 0.6) is 0 Å². The van der Waals surface area contributed by atoms with Gasteiger partial charge in [0.2, 0.25) is 5.91 Å². The molecule has 0 aliphatic rings. The van der Waals surface area contributed by atoms with Crippen molar-refractivity contribution in [3.63, 3.8) is 0 Å². The van der Waals surface area contributed by atoms with Gasteiger partial charge in [-0.2, -0.15) is 0 Å². The minimum absolute atomic E-state index is 0.0608. The van der Waals surface area contributed by atoms with Crippen LogP contribution in [0.25, 0.3) is 0 Å². The quantitative estimate of drug-likeness (QED) is 0.675. The summed E-state index contributed by atoms with van der Waals surface area (Å²) < 4.78 is 26.3. The van der Waals surface area contributed by atoms with Crippen molar-refractivity contribution in [3.05, 3.63) is 77.7 Å². The minimum atomic E-state index is -1.33. The Kier molecular flexibility index (Phi) is 7.24. The van der Waals surface area contributed by atoms with Gasteiger partial charge in [0.05, 0.1) is 18.1 Å². The van der Waals surface area contributed by atoms with Crippen LogP contribution in [0.1, 0.15) is 18.1 Å². The van der Waals surface area contributed by atoms with Crippen molar-refractivity contribution in [2.45, 2.75) is 32.1 Å². The summed E-state index contributed by atoms with van der Waals surface area (Å²) in [6.45, 7) is 1.82. The van der Waals surface area contributed by atoms with Crippen LogP contribution in [-0.2, 0) is 17.8 Å². The normalized spacial score (nSPS) is 14.5. The van der Waals surface area contributed by atoms with E-state index in [9.17, 15) is 23.8 Å². The van der Waals surface area contributed by atoms with Crippen LogP contribution in [0.2, 0.25) is 0 Å². The highest BCUT2D eigenvalue weighted by molar-refractivity contribution is 5.78. The van der Waals surface area contributed by atoms with Gasteiger partial charge >= 0.3 is 0 Å². The number of aliphatic hydroxyl groups is 2. The number of hydrogen-bond acceptors (Lipinski definition) is 3. The zero-order valence-corrected chi connectivity index (χ0v) is 14.4. The third-order valence-electron chi connectivity index (χ3n) is 4.10. The smallest absolute Gasteiger partial charge is 0.225 e. The number of carbonyl (C=O) groups excluding carboxylic acids is 1. The van der Waals surface area contributed by atoms with Gasteiger partial charge in [0, 0.05) is 12.6 Å². The number of halogens is 2. The fourth-order valence-corrected chi connectivity index (χ4v) is 2.52. The number of amides is 1. The van der Waals surface area contributed by atoms with Crippen LogP contribution >= 0.6 is 0 Å². The summed E-state index contributed by atoms with van der Waals surface area (Å²) in [6, 6.07) is 12.4. The first-order valence-corrected chi connectivity index (χ1v) is 8.33. The molecule has 2 rings (SSSR count). The summed E-state index contributed by atoms with van der Waals surface area (Å²) in [7, 11) is 0. The van der Waals surface area contributed by atoms with Gasteiger partial charge in [-0.15, -0.1) is 0 Å². The Bertz CT molecular complexity index is 704. The highest BCUT2D eigenvalue weighted by Gasteiger charge is 2.28. The van der Waals surface area contributed by atoms with Crippen molar-refractivity contribution in [2.75, 3.05) is 0 Å². The predicted octanol–water partition coefficient (Wildman–Crippen LogP) is 2.39. The molecule has 2 aromatic carbocycles. The lowest BCUT2D eigenvalue weighted by atomic mass is 9.94. The average Bonchev–Trinajstić information content (AvgIpc) is 2.63. The molecule has 0 aliphatic carbocycles. The molecule has 0 fully saturated rings. The molecular formula is C20H22F2NO3. The molecule has 4 nitrogen and oxygen atoms in total. The summed E-state index contributed by atoms with van der Waals surface area (Å²) in [5, 5.41) is 22.9. The number of hydrogen-bond donors (Lipinski definition) is 3. The number of aliphatic hydroxyl groups excluding tert-OH is 2. The van der Waals surface area contributed by atoms with Crippen LogP contribution in [0.3, 0.4) is 0 Å². The summed E-state index contributed by atoms with van der Waals surface area (Å²) >= 11 is 0. The fourth-order valence-electron chi connectivity index (χ4n) is 2.52. The second kappa shape index (κ2) is 9.40. The van der Waals surface area contributed by atoms with Crippen molar-refractivity contribution in [3.8, 4) is 0 Å². The summed E-state index contributed by atoms with van der Waals surface area (Å²) in [4.78, 5) is 12.1. The fraction of sp³-hybridized carbons (Fsp3) is 0.300. The van der Waals surface area contributed by atoms with Crippen LogP contribution in [0, 0.1) is 24.0 Å². The maximum atomic E-state index is 13.2. The van der Waals surface area contributed by atoms with Gasteiger partial charge in [0.15, 0.2) is 0 Å². The van der Waals surface area contributed by atoms with Gasteiger partial charge in [-0.3, -0.25) is 4.79 Å². The molecule has 0 aromatic heterocycles. The second-order valence-electron chi connectivity index (χ2n) is 6.19. The van der Waals surface area contributed by atoms with Gasteiger partial charge in [-0.25, -0.2) is 8.78 Å². The van der Waals surface area contributed by atoms with Crippen LogP contribution in [-0.4, -0.2) is 28.3 Å². The van der Waals surface area contributed by atoms with E-state index in [1.165, 1.54) is 13.3 Å². The van der Waals surface area contributed by atoms with Crippen LogP contribution in [0.4, 0.5) is 8.78 Å². The number of carbonyl (C=O) groups is 1. The molecule has 3 N–H and O–H groups in total. The van der Waals surface area contributed by atoms with Crippen molar-refractivity contribution in [2.24, 2.45) is 5.92 Å². The Labute approximate surface area is 151 Å². The first-order chi connectivity index (χ1) is 12.4. The van der Waals surface area contributed by atoms with E-state index in [0.717, 1.165) is 23.8 Å². The van der Waals surface area contributed by atoms with Gasteiger partial charge in [-0.05, 0) is 36.1 Å². The molecule has 0 bridgehead atoms. The summed E-state index contributed by atoms with van der Waals surface area (Å²) in [5.41, 5.74) is 1.25. The van der Waals surface area contributed by atoms with Gasteiger partial charge in [-0.1, -0.05) is 37.3 Å². The lowest BCUT2D eigenvalue weighted by Crippen LogP contribution is -2.41. The minimum Gasteiger partial charge on any atom is -0.390 e. The maximum Gasteiger partial charge on any atom is 0.225 e. The van der Waals surface area contributed by atoms with E-state index in [1.54, 1.807) is 0 Å². The van der Waals surface area contributed by atoms with Crippen molar-refractivity contribution < 1.29 is 23.8 Å². The molecule has 1 amide bonds. The third kappa shape index (κ3) is 5.89. The average molecular weight is 362 g/mol. The molecule has 0 saturated carbocycles. The Morgan fingerprint density at radius 1 is 1.08 bits per heavy atom. The summed E-state index contributed by atoms with van der Waals surface area (Å²) in [6.07, 6.45) is -1.26. The number of rotatable bonds is 8. The van der Waals surface area contributed by atoms with Crippen molar-refractivity contribution >= 4 is 5.91 Å². The van der Waals surface area contributed by atoms with E-state index in [1.807, 2.05) is 30.3 Å². The highest BCUT2D eigenvalue weighted by atomic mass is 19.1. The lowest BCUT2D eigenvalue weighted by molar-refractivity contribution is -0.130. The first-order valence-electron chi connectivity index (χ1n) is 8.33. The zero-order valence-electron chi connectivity index (χ0n) is 14.4. The molecule has 26 heavy (non-hydrogen) atoms. The predicted molar refractivity (Wildman–Crippen MR) is 93.8 cm³/mol. The molecule has 139 valence electrons. The maximum absolute atomic E-state index is 13.2. The molecule has 0 aliphatic heterocycles. The van der Waals surface area contributed by atoms with Gasteiger partial charge in [0.1, 0.15) is 11.6 Å².